The lowest BCUT2D eigenvalue weighted by Gasteiger charge is -1.99. The fourth-order valence-electron chi connectivity index (χ4n) is 1.67. The van der Waals surface area contributed by atoms with Crippen molar-refractivity contribution in [3.05, 3.63) is 36.9 Å². The van der Waals surface area contributed by atoms with Crippen molar-refractivity contribution < 1.29 is 4.52 Å². The summed E-state index contributed by atoms with van der Waals surface area (Å²) in [6.45, 7) is 0. The lowest BCUT2D eigenvalue weighted by Crippen LogP contribution is -1.87. The van der Waals surface area contributed by atoms with Gasteiger partial charge in [0.05, 0.1) is 11.8 Å². The molecule has 3 aromatic rings. The molecule has 0 saturated carbocycles. The maximum absolute atomic E-state index is 5.79. The Morgan fingerprint density at radius 1 is 1.24 bits per heavy atom. The van der Waals surface area contributed by atoms with Crippen LogP contribution in [0.5, 0.6) is 0 Å². The zero-order chi connectivity index (χ0) is 11.7. The molecule has 0 bridgehead atoms. The number of H-pyrrole nitrogens is 1. The molecule has 17 heavy (non-hydrogen) atoms. The van der Waals surface area contributed by atoms with Gasteiger partial charge in [0, 0.05) is 29.7 Å². The summed E-state index contributed by atoms with van der Waals surface area (Å²) >= 11 is 0. The number of nitrogens with two attached hydrogens (primary N) is 1. The maximum Gasteiger partial charge on any atom is 0.230 e. The molecule has 0 unspecified atom stereocenters. The molecule has 0 amide bonds. The van der Waals surface area contributed by atoms with Gasteiger partial charge in [-0.1, -0.05) is 11.2 Å². The van der Waals surface area contributed by atoms with Crippen LogP contribution in [0.3, 0.4) is 0 Å². The lowest BCUT2D eigenvalue weighted by atomic mass is 10.1. The number of hydrogen-bond acceptors (Lipinski definition) is 5. The van der Waals surface area contributed by atoms with Gasteiger partial charge in [-0.3, -0.25) is 10.1 Å². The first-order valence-corrected chi connectivity index (χ1v) is 5.01. The third-order valence-electron chi connectivity index (χ3n) is 2.44. The van der Waals surface area contributed by atoms with E-state index in [0.717, 1.165) is 16.7 Å². The van der Waals surface area contributed by atoms with E-state index in [4.69, 9.17) is 10.3 Å². The standard InChI is InChI=1S/C11H9N5O/c12-11-9(7-2-1-3-13-4-7)10(16-17-11)8-5-14-15-6-8/h1-6H,12H2,(H,14,15). The fraction of sp³-hybridized carbons (Fsp3) is 0. The molecule has 0 aliphatic heterocycles. The summed E-state index contributed by atoms with van der Waals surface area (Å²) in [5, 5.41) is 10.6. The highest BCUT2D eigenvalue weighted by Crippen LogP contribution is 2.34. The molecule has 0 spiro atoms. The van der Waals surface area contributed by atoms with E-state index in [1.165, 1.54) is 0 Å². The predicted molar refractivity (Wildman–Crippen MR) is 61.7 cm³/mol. The molecule has 6 nitrogen and oxygen atoms in total. The average Bonchev–Trinajstić information content (AvgIpc) is 2.98. The van der Waals surface area contributed by atoms with Gasteiger partial charge < -0.3 is 10.3 Å². The molecule has 84 valence electrons. The van der Waals surface area contributed by atoms with E-state index >= 15 is 0 Å². The summed E-state index contributed by atoms with van der Waals surface area (Å²) in [5.74, 6) is 0.272. The van der Waals surface area contributed by atoms with E-state index in [1.54, 1.807) is 24.8 Å². The average molecular weight is 227 g/mol. The van der Waals surface area contributed by atoms with Gasteiger partial charge in [0.1, 0.15) is 5.69 Å². The van der Waals surface area contributed by atoms with Crippen molar-refractivity contribution >= 4 is 5.88 Å². The van der Waals surface area contributed by atoms with Crippen molar-refractivity contribution in [1.29, 1.82) is 0 Å². The van der Waals surface area contributed by atoms with Crippen LogP contribution in [0, 0.1) is 0 Å². The lowest BCUT2D eigenvalue weighted by molar-refractivity contribution is 0.439. The minimum absolute atomic E-state index is 0.272. The Bertz CT molecular complexity index is 615. The smallest absolute Gasteiger partial charge is 0.230 e. The van der Waals surface area contributed by atoms with Gasteiger partial charge in [-0.15, -0.1) is 0 Å². The van der Waals surface area contributed by atoms with E-state index in [0.29, 0.717) is 5.69 Å². The summed E-state index contributed by atoms with van der Waals surface area (Å²) in [5.41, 5.74) is 8.87. The van der Waals surface area contributed by atoms with Crippen LogP contribution in [0.15, 0.2) is 41.4 Å². The van der Waals surface area contributed by atoms with Crippen molar-refractivity contribution in [3.8, 4) is 22.4 Å². The van der Waals surface area contributed by atoms with Crippen molar-refractivity contribution in [2.24, 2.45) is 0 Å². The normalized spacial score (nSPS) is 10.6. The second-order valence-corrected chi connectivity index (χ2v) is 3.50. The molecule has 0 atom stereocenters. The number of aromatic nitrogens is 4. The zero-order valence-corrected chi connectivity index (χ0v) is 8.79. The van der Waals surface area contributed by atoms with Gasteiger partial charge in [-0.25, -0.2) is 0 Å². The first kappa shape index (κ1) is 9.59. The Morgan fingerprint density at radius 3 is 2.88 bits per heavy atom. The number of aromatic amines is 1. The molecule has 0 aliphatic carbocycles. The zero-order valence-electron chi connectivity index (χ0n) is 8.79. The van der Waals surface area contributed by atoms with E-state index < -0.39 is 0 Å². The van der Waals surface area contributed by atoms with Crippen LogP contribution in [0.25, 0.3) is 22.4 Å². The van der Waals surface area contributed by atoms with Gasteiger partial charge in [0.25, 0.3) is 0 Å². The highest BCUT2D eigenvalue weighted by molar-refractivity contribution is 5.85. The fourth-order valence-corrected chi connectivity index (χ4v) is 1.67. The number of nitrogens with zero attached hydrogens (tertiary/aromatic N) is 3. The van der Waals surface area contributed by atoms with Crippen LogP contribution >= 0.6 is 0 Å². The summed E-state index contributed by atoms with van der Waals surface area (Å²) in [4.78, 5) is 4.06. The van der Waals surface area contributed by atoms with Crippen LogP contribution in [0.2, 0.25) is 0 Å². The van der Waals surface area contributed by atoms with Gasteiger partial charge in [-0.05, 0) is 6.07 Å². The largest absolute Gasteiger partial charge is 0.367 e. The van der Waals surface area contributed by atoms with Gasteiger partial charge in [0.2, 0.25) is 5.88 Å². The number of rotatable bonds is 2. The Hall–Kier alpha value is -2.63. The second kappa shape index (κ2) is 3.75. The Kier molecular flexibility index (Phi) is 2.11. The van der Waals surface area contributed by atoms with Crippen LogP contribution in [-0.4, -0.2) is 20.3 Å². The summed E-state index contributed by atoms with van der Waals surface area (Å²) in [6.07, 6.45) is 6.81. The first-order valence-electron chi connectivity index (χ1n) is 5.01. The molecular formula is C11H9N5O. The third-order valence-corrected chi connectivity index (χ3v) is 2.44. The third kappa shape index (κ3) is 1.55. The number of hydrogen-bond donors (Lipinski definition) is 2. The molecule has 0 radical (unpaired) electrons. The number of nitrogens with one attached hydrogen (secondary N) is 1. The Labute approximate surface area is 96.5 Å². The van der Waals surface area contributed by atoms with E-state index in [1.807, 2.05) is 12.1 Å². The Balaban J connectivity index is 2.20. The molecular weight excluding hydrogens is 218 g/mol. The van der Waals surface area contributed by atoms with Crippen LogP contribution in [0.1, 0.15) is 0 Å². The van der Waals surface area contributed by atoms with E-state index in [2.05, 4.69) is 20.3 Å². The van der Waals surface area contributed by atoms with E-state index in [-0.39, 0.29) is 5.88 Å². The molecule has 6 heteroatoms. The Morgan fingerprint density at radius 2 is 2.18 bits per heavy atom. The number of nitrogen functional groups attached to an aromatic ring is 1. The highest BCUT2D eigenvalue weighted by Gasteiger charge is 2.17. The summed E-state index contributed by atoms with van der Waals surface area (Å²) in [6, 6.07) is 3.74. The van der Waals surface area contributed by atoms with Gasteiger partial charge in [0.15, 0.2) is 0 Å². The monoisotopic (exact) mass is 227 g/mol. The SMILES string of the molecule is Nc1onc(-c2cn[nH]c2)c1-c1cccnc1. The minimum Gasteiger partial charge on any atom is -0.367 e. The predicted octanol–water partition coefficient (Wildman–Crippen LogP) is 1.71. The topological polar surface area (TPSA) is 93.6 Å². The van der Waals surface area contributed by atoms with Crippen LogP contribution < -0.4 is 5.73 Å². The minimum atomic E-state index is 0.272. The van der Waals surface area contributed by atoms with Crippen molar-refractivity contribution in [3.63, 3.8) is 0 Å². The molecule has 0 fully saturated rings. The molecule has 3 N–H and O–H groups in total. The van der Waals surface area contributed by atoms with Crippen molar-refractivity contribution in [2.75, 3.05) is 5.73 Å². The second-order valence-electron chi connectivity index (χ2n) is 3.50. The molecule has 3 aromatic heterocycles. The molecule has 3 heterocycles. The van der Waals surface area contributed by atoms with Crippen LogP contribution in [0.4, 0.5) is 5.88 Å². The molecule has 0 saturated heterocycles. The quantitative estimate of drug-likeness (QED) is 0.695. The summed E-state index contributed by atoms with van der Waals surface area (Å²) in [7, 11) is 0. The maximum atomic E-state index is 5.79. The molecule has 0 aliphatic rings. The van der Waals surface area contributed by atoms with Gasteiger partial charge in [-0.2, -0.15) is 5.10 Å². The number of anilines is 1. The number of pyridine rings is 1. The molecule has 3 rings (SSSR count). The van der Waals surface area contributed by atoms with Crippen molar-refractivity contribution in [1.82, 2.24) is 20.3 Å². The molecule has 0 aromatic carbocycles. The van der Waals surface area contributed by atoms with Gasteiger partial charge >= 0.3 is 0 Å². The van der Waals surface area contributed by atoms with Crippen LogP contribution in [-0.2, 0) is 0 Å². The highest BCUT2D eigenvalue weighted by atomic mass is 16.5. The van der Waals surface area contributed by atoms with Crippen molar-refractivity contribution in [2.45, 2.75) is 0 Å². The summed E-state index contributed by atoms with van der Waals surface area (Å²) < 4.78 is 5.03. The van der Waals surface area contributed by atoms with E-state index in [9.17, 15) is 0 Å². The first-order chi connectivity index (χ1) is 8.36.